The summed E-state index contributed by atoms with van der Waals surface area (Å²) in [5.74, 6) is 0.548. The lowest BCUT2D eigenvalue weighted by Gasteiger charge is -2.04. The number of hydrogen-bond acceptors (Lipinski definition) is 6. The van der Waals surface area contributed by atoms with E-state index in [0.717, 1.165) is 27.0 Å². The zero-order valence-corrected chi connectivity index (χ0v) is 15.8. The Morgan fingerprint density at radius 3 is 2.93 bits per heavy atom. The molecule has 0 aliphatic carbocycles. The van der Waals surface area contributed by atoms with Crippen molar-refractivity contribution in [2.45, 2.75) is 13.5 Å². The lowest BCUT2D eigenvalue weighted by atomic mass is 10.2. The Kier molecular flexibility index (Phi) is 4.15. The number of nitrogens with zero attached hydrogens (tertiary/aromatic N) is 4. The molecule has 1 amide bonds. The van der Waals surface area contributed by atoms with Gasteiger partial charge in [-0.1, -0.05) is 11.3 Å². The second-order valence-corrected chi connectivity index (χ2v) is 7.20. The number of anilines is 1. The third-order valence-corrected chi connectivity index (χ3v) is 5.29. The van der Waals surface area contributed by atoms with Crippen molar-refractivity contribution in [3.05, 3.63) is 46.5 Å². The highest BCUT2D eigenvalue weighted by Crippen LogP contribution is 2.31. The third-order valence-electron chi connectivity index (χ3n) is 4.36. The molecule has 0 saturated carbocycles. The van der Waals surface area contributed by atoms with Crippen molar-refractivity contribution in [2.75, 3.05) is 12.4 Å². The molecule has 0 spiro atoms. The summed E-state index contributed by atoms with van der Waals surface area (Å²) in [6, 6.07) is 6.98. The summed E-state index contributed by atoms with van der Waals surface area (Å²) in [5.41, 5.74) is 2.91. The number of carbonyl (C=O) groups is 1. The van der Waals surface area contributed by atoms with Gasteiger partial charge in [0.1, 0.15) is 12.3 Å². The van der Waals surface area contributed by atoms with Crippen LogP contribution in [0.15, 0.2) is 35.4 Å². The molecule has 0 fully saturated rings. The quantitative estimate of drug-likeness (QED) is 0.584. The second-order valence-electron chi connectivity index (χ2n) is 6.17. The zero-order valence-electron chi connectivity index (χ0n) is 15.0. The van der Waals surface area contributed by atoms with Gasteiger partial charge < -0.3 is 14.6 Å². The number of fused-ring (bicyclic) bond motifs is 2. The van der Waals surface area contributed by atoms with Crippen LogP contribution in [0, 0.1) is 6.92 Å². The average molecular weight is 383 g/mol. The number of pyridine rings is 1. The van der Waals surface area contributed by atoms with Gasteiger partial charge in [0, 0.05) is 19.2 Å². The number of carbonyl (C=O) groups excluding carboxylic acids is 1. The lowest BCUT2D eigenvalue weighted by molar-refractivity contribution is -0.116. The minimum atomic E-state index is -0.217. The maximum absolute atomic E-state index is 12.5. The van der Waals surface area contributed by atoms with Gasteiger partial charge in [0.2, 0.25) is 5.91 Å². The second kappa shape index (κ2) is 6.51. The number of nitrogens with one attached hydrogen (secondary N) is 1. The molecule has 0 aliphatic heterocycles. The largest absolute Gasteiger partial charge is 0.496 e. The molecule has 9 heteroatoms. The maximum Gasteiger partial charge on any atom is 0.252 e. The van der Waals surface area contributed by atoms with E-state index < -0.39 is 0 Å². The fourth-order valence-electron chi connectivity index (χ4n) is 2.95. The standard InChI is InChI=1S/C18H17N5O3S/c1-10-6-14-11(7-13(10)26-3)20-18(27-14)21-15(24)8-23-9-19-17-12(23)4-5-16(25)22(17)2/h4-7,9H,8H2,1-3H3,(H,20,21,24). The van der Waals surface area contributed by atoms with E-state index in [2.05, 4.69) is 15.3 Å². The molecule has 0 saturated heterocycles. The van der Waals surface area contributed by atoms with Crippen LogP contribution < -0.4 is 15.6 Å². The lowest BCUT2D eigenvalue weighted by Crippen LogP contribution is -2.19. The van der Waals surface area contributed by atoms with E-state index in [1.165, 1.54) is 22.0 Å². The predicted octanol–water partition coefficient (Wildman–Crippen LogP) is 2.30. The molecule has 0 unspecified atom stereocenters. The van der Waals surface area contributed by atoms with E-state index in [1.807, 2.05) is 19.1 Å². The van der Waals surface area contributed by atoms with Gasteiger partial charge in [-0.05, 0) is 24.6 Å². The molecule has 1 N–H and O–H groups in total. The van der Waals surface area contributed by atoms with Crippen molar-refractivity contribution in [3.63, 3.8) is 0 Å². The highest BCUT2D eigenvalue weighted by molar-refractivity contribution is 7.22. The summed E-state index contributed by atoms with van der Waals surface area (Å²) in [5, 5.41) is 3.36. The van der Waals surface area contributed by atoms with Gasteiger partial charge in [-0.15, -0.1) is 0 Å². The van der Waals surface area contributed by atoms with Crippen molar-refractivity contribution in [1.82, 2.24) is 19.1 Å². The van der Waals surface area contributed by atoms with E-state index in [9.17, 15) is 9.59 Å². The third kappa shape index (κ3) is 3.06. The number of methoxy groups -OCH3 is 1. The summed E-state index contributed by atoms with van der Waals surface area (Å²) in [7, 11) is 3.27. The van der Waals surface area contributed by atoms with E-state index in [0.29, 0.717) is 10.8 Å². The van der Waals surface area contributed by atoms with Crippen LogP contribution in [-0.2, 0) is 18.4 Å². The fraction of sp³-hybridized carbons (Fsp3) is 0.222. The number of aryl methyl sites for hydroxylation is 2. The molecule has 27 heavy (non-hydrogen) atoms. The number of ether oxygens (including phenoxy) is 1. The number of benzene rings is 1. The SMILES string of the molecule is COc1cc2nc(NC(=O)Cn3cnc4c3ccc(=O)n4C)sc2cc1C. The van der Waals surface area contributed by atoms with Crippen molar-refractivity contribution in [2.24, 2.45) is 7.05 Å². The molecular weight excluding hydrogens is 366 g/mol. The number of thiazole rings is 1. The van der Waals surface area contributed by atoms with Crippen LogP contribution in [0.4, 0.5) is 5.13 Å². The van der Waals surface area contributed by atoms with Gasteiger partial charge in [0.15, 0.2) is 10.8 Å². The number of hydrogen-bond donors (Lipinski definition) is 1. The summed E-state index contributed by atoms with van der Waals surface area (Å²) in [6.07, 6.45) is 1.55. The van der Waals surface area contributed by atoms with E-state index >= 15 is 0 Å². The van der Waals surface area contributed by atoms with Crippen molar-refractivity contribution in [1.29, 1.82) is 0 Å². The Hall–Kier alpha value is -3.20. The topological polar surface area (TPSA) is 91.0 Å². The first-order chi connectivity index (χ1) is 13.0. The highest BCUT2D eigenvalue weighted by Gasteiger charge is 2.13. The summed E-state index contributed by atoms with van der Waals surface area (Å²) < 4.78 is 9.44. The Labute approximate surface area is 158 Å². The molecule has 0 atom stereocenters. The Bertz CT molecular complexity index is 1240. The van der Waals surface area contributed by atoms with Crippen LogP contribution in [-0.4, -0.2) is 32.1 Å². The van der Waals surface area contributed by atoms with Crippen LogP contribution in [0.1, 0.15) is 5.56 Å². The van der Waals surface area contributed by atoms with Crippen LogP contribution in [0.3, 0.4) is 0 Å². The number of imidazole rings is 1. The monoisotopic (exact) mass is 383 g/mol. The van der Waals surface area contributed by atoms with Crippen LogP contribution in [0.2, 0.25) is 0 Å². The Morgan fingerprint density at radius 1 is 1.33 bits per heavy atom. The smallest absolute Gasteiger partial charge is 0.252 e. The van der Waals surface area contributed by atoms with Gasteiger partial charge in [-0.25, -0.2) is 9.97 Å². The minimum Gasteiger partial charge on any atom is -0.496 e. The predicted molar refractivity (Wildman–Crippen MR) is 105 cm³/mol. The van der Waals surface area contributed by atoms with Gasteiger partial charge in [0.25, 0.3) is 5.56 Å². The molecule has 4 aromatic rings. The summed E-state index contributed by atoms with van der Waals surface area (Å²) in [4.78, 5) is 32.8. The zero-order chi connectivity index (χ0) is 19.1. The van der Waals surface area contributed by atoms with Gasteiger partial charge in [0.05, 0.1) is 29.2 Å². The van der Waals surface area contributed by atoms with E-state index in [-0.39, 0.29) is 18.0 Å². The van der Waals surface area contributed by atoms with Gasteiger partial charge in [-0.3, -0.25) is 14.2 Å². The van der Waals surface area contributed by atoms with E-state index in [4.69, 9.17) is 4.74 Å². The molecule has 8 nitrogen and oxygen atoms in total. The Balaban J connectivity index is 1.57. The number of aromatic nitrogens is 4. The number of amides is 1. The van der Waals surface area contributed by atoms with Crippen molar-refractivity contribution >= 4 is 43.8 Å². The number of rotatable bonds is 4. The molecule has 0 aliphatic rings. The van der Waals surface area contributed by atoms with E-state index in [1.54, 1.807) is 31.1 Å². The first-order valence-corrected chi connectivity index (χ1v) is 9.04. The van der Waals surface area contributed by atoms with Crippen LogP contribution >= 0.6 is 11.3 Å². The van der Waals surface area contributed by atoms with Crippen molar-refractivity contribution < 1.29 is 9.53 Å². The van der Waals surface area contributed by atoms with Gasteiger partial charge in [-0.2, -0.15) is 0 Å². The molecule has 0 radical (unpaired) electrons. The first kappa shape index (κ1) is 17.2. The first-order valence-electron chi connectivity index (χ1n) is 8.22. The van der Waals surface area contributed by atoms with Crippen molar-refractivity contribution in [3.8, 4) is 5.75 Å². The fourth-order valence-corrected chi connectivity index (χ4v) is 3.91. The molecule has 3 heterocycles. The molecule has 1 aromatic carbocycles. The molecular formula is C18H17N5O3S. The molecule has 0 bridgehead atoms. The van der Waals surface area contributed by atoms with Crippen LogP contribution in [0.25, 0.3) is 21.4 Å². The van der Waals surface area contributed by atoms with Gasteiger partial charge >= 0.3 is 0 Å². The molecule has 138 valence electrons. The maximum atomic E-state index is 12.5. The molecule has 4 rings (SSSR count). The average Bonchev–Trinajstić information content (AvgIpc) is 3.20. The minimum absolute atomic E-state index is 0.0764. The summed E-state index contributed by atoms with van der Waals surface area (Å²) >= 11 is 1.41. The normalized spacial score (nSPS) is 11.2. The van der Waals surface area contributed by atoms with Crippen LogP contribution in [0.5, 0.6) is 5.75 Å². The highest BCUT2D eigenvalue weighted by atomic mass is 32.1. The summed E-state index contributed by atoms with van der Waals surface area (Å²) in [6.45, 7) is 2.04. The Morgan fingerprint density at radius 2 is 2.15 bits per heavy atom. The molecule has 3 aromatic heterocycles.